The van der Waals surface area contributed by atoms with Gasteiger partial charge in [0.2, 0.25) is 5.95 Å². The molecule has 0 N–H and O–H groups in total. The molecule has 11 nitrogen and oxygen atoms in total. The van der Waals surface area contributed by atoms with Gasteiger partial charge in [-0.2, -0.15) is 0 Å². The summed E-state index contributed by atoms with van der Waals surface area (Å²) in [6, 6.07) is 96.3. The van der Waals surface area contributed by atoms with Crippen molar-refractivity contribution in [2.45, 2.75) is 13.8 Å². The molecule has 0 fully saturated rings. The van der Waals surface area contributed by atoms with Crippen LogP contribution in [0, 0.1) is 0 Å². The fraction of sp³-hybridized carbons (Fsp3) is 0.0241. The third-order valence-electron chi connectivity index (χ3n) is 18.4. The molecule has 12 aromatic carbocycles. The van der Waals surface area contributed by atoms with Gasteiger partial charge in [0, 0.05) is 65.0 Å². The van der Waals surface area contributed by atoms with Gasteiger partial charge < -0.3 is 0 Å². The van der Waals surface area contributed by atoms with Crippen molar-refractivity contribution in [2.75, 3.05) is 0 Å². The van der Waals surface area contributed by atoms with E-state index < -0.39 is 0 Å². The number of benzene rings is 12. The Morgan fingerprint density at radius 1 is 0.277 bits per heavy atom. The van der Waals surface area contributed by atoms with Gasteiger partial charge in [0.25, 0.3) is 11.1 Å². The minimum absolute atomic E-state index is 0.0665. The summed E-state index contributed by atoms with van der Waals surface area (Å²) in [5, 5.41) is 14.7. The van der Waals surface area contributed by atoms with E-state index in [4.69, 9.17) is 24.9 Å². The summed E-state index contributed by atoms with van der Waals surface area (Å²) in [7, 11) is 0. The minimum Gasteiger partial charge on any atom is -0.294 e. The van der Waals surface area contributed by atoms with E-state index in [9.17, 15) is 9.59 Å². The molecule has 20 rings (SSSR count). The summed E-state index contributed by atoms with van der Waals surface area (Å²) in [5.74, 6) is 1.42. The first-order chi connectivity index (χ1) is 46.5. The van der Waals surface area contributed by atoms with Crippen molar-refractivity contribution in [1.29, 1.82) is 0 Å². The zero-order chi connectivity index (χ0) is 62.7. The predicted molar refractivity (Wildman–Crippen MR) is 387 cm³/mol. The molecule has 0 saturated carbocycles. The fourth-order valence-electron chi connectivity index (χ4n) is 14.4. The van der Waals surface area contributed by atoms with E-state index in [-0.39, 0.29) is 11.1 Å². The van der Waals surface area contributed by atoms with Crippen LogP contribution in [-0.4, -0.2) is 42.9 Å². The van der Waals surface area contributed by atoms with Gasteiger partial charge in [-0.3, -0.25) is 27.5 Å². The lowest BCUT2D eigenvalue weighted by Gasteiger charge is -2.15. The predicted octanol–water partition coefficient (Wildman–Crippen LogP) is 19.4. The summed E-state index contributed by atoms with van der Waals surface area (Å²) in [5.41, 5.74) is 13.0. The molecule has 8 aromatic heterocycles. The van der Waals surface area contributed by atoms with Crippen LogP contribution in [0.2, 0.25) is 0 Å². The molecule has 442 valence electrons. The highest BCUT2D eigenvalue weighted by Gasteiger charge is 2.25. The number of fused-ring (bicyclic) bond motifs is 24. The maximum absolute atomic E-state index is 14.2. The maximum Gasteiger partial charge on any atom is 0.266 e. The number of hydrogen-bond acceptors (Lipinski definition) is 7. The SMILES string of the molecule is CC.O=c1c2ccccc2nc2c3ccccc3c3c4c(ccc3n12)c1ccccc1n4-c1nc(-c2ccccc2)c2ccccc2n1.O=c1c2ccccc2nc2c3ccccc3c3c4c5ccccc5n(-c5cc6ccccc6c(-c6ccccc6)n5)c4ccc3n12. The lowest BCUT2D eigenvalue weighted by atomic mass is 10.0. The molecule has 0 amide bonds. The highest BCUT2D eigenvalue weighted by molar-refractivity contribution is 6.30. The van der Waals surface area contributed by atoms with E-state index in [0.717, 1.165) is 137 Å². The summed E-state index contributed by atoms with van der Waals surface area (Å²) in [6.07, 6.45) is 0. The average molecular weight is 1210 g/mol. The van der Waals surface area contributed by atoms with Crippen molar-refractivity contribution in [3.63, 3.8) is 0 Å². The number of nitrogens with zero attached hydrogens (tertiary/aromatic N) is 9. The molecule has 8 heterocycles. The standard InChI is InChI=1S/C41H24N4O.C40H23N5O.C2H6/c46-41-30-18-8-10-20-32(30)42-40-29-17-7-6-16-28(29)37-35(45(40)41)23-22-34-38(37)31-19-9-11-21-33(31)44(34)36-24-26-14-4-5-15-27(26)39(43-36)25-12-2-1-3-13-25;46-39-30-18-7-10-20-32(30)41-38-28-16-5-4-15-26(28)35-34(45(38)39)23-22-27-25-14-8-11-21-33(25)44(37(27)35)40-42-31-19-9-6-17-29(31)36(43-40)24-12-2-1-3-13-24;1-2/h1-24H;1-23H;1-2H3. The van der Waals surface area contributed by atoms with Crippen molar-refractivity contribution in [3.8, 4) is 34.3 Å². The Hall–Kier alpha value is -12.7. The summed E-state index contributed by atoms with van der Waals surface area (Å²) < 4.78 is 8.01. The van der Waals surface area contributed by atoms with Gasteiger partial charge >= 0.3 is 0 Å². The van der Waals surface area contributed by atoms with E-state index >= 15 is 0 Å². The van der Waals surface area contributed by atoms with Crippen molar-refractivity contribution in [3.05, 3.63) is 306 Å². The van der Waals surface area contributed by atoms with E-state index in [2.05, 4.69) is 179 Å². The second-order valence-corrected chi connectivity index (χ2v) is 23.4. The summed E-state index contributed by atoms with van der Waals surface area (Å²) in [4.78, 5) is 54.3. The first kappa shape index (κ1) is 54.2. The van der Waals surface area contributed by atoms with Crippen molar-refractivity contribution in [1.82, 2.24) is 42.9 Å². The fourth-order valence-corrected chi connectivity index (χ4v) is 14.4. The van der Waals surface area contributed by atoms with Crippen LogP contribution in [0.3, 0.4) is 0 Å². The van der Waals surface area contributed by atoms with Crippen LogP contribution in [0.1, 0.15) is 13.8 Å². The van der Waals surface area contributed by atoms with Gasteiger partial charge in [0.1, 0.15) is 17.1 Å². The van der Waals surface area contributed by atoms with Gasteiger partial charge in [-0.15, -0.1) is 0 Å². The second-order valence-electron chi connectivity index (χ2n) is 23.4. The number of rotatable bonds is 4. The Labute approximate surface area is 535 Å². The van der Waals surface area contributed by atoms with Crippen LogP contribution in [0.15, 0.2) is 295 Å². The Balaban J connectivity index is 0.000000135. The van der Waals surface area contributed by atoms with E-state index in [1.54, 1.807) is 8.80 Å². The third-order valence-corrected chi connectivity index (χ3v) is 18.4. The number of pyridine rings is 3. The quantitative estimate of drug-likeness (QED) is 0.127. The number of para-hydroxylation sites is 5. The van der Waals surface area contributed by atoms with Crippen molar-refractivity contribution < 1.29 is 0 Å². The molecule has 20 aromatic rings. The molecule has 0 aliphatic carbocycles. The van der Waals surface area contributed by atoms with E-state index in [1.165, 1.54) is 0 Å². The molecule has 0 atom stereocenters. The maximum atomic E-state index is 14.2. The average Bonchev–Trinajstić information content (AvgIpc) is 1.45. The molecule has 0 unspecified atom stereocenters. The Kier molecular flexibility index (Phi) is 12.4. The van der Waals surface area contributed by atoms with Gasteiger partial charge in [0.05, 0.1) is 71.8 Å². The molecule has 0 spiro atoms. The second kappa shape index (κ2) is 21.5. The summed E-state index contributed by atoms with van der Waals surface area (Å²) in [6.45, 7) is 4.00. The molecular weight excluding hydrogens is 1150 g/mol. The number of aromatic nitrogens is 9. The van der Waals surface area contributed by atoms with Crippen LogP contribution >= 0.6 is 0 Å². The lowest BCUT2D eigenvalue weighted by molar-refractivity contribution is 1.02. The van der Waals surface area contributed by atoms with Crippen LogP contribution in [0.5, 0.6) is 0 Å². The third kappa shape index (κ3) is 8.07. The Morgan fingerprint density at radius 3 is 1.30 bits per heavy atom. The molecular formula is C83H53N9O2. The van der Waals surface area contributed by atoms with Gasteiger partial charge in [-0.1, -0.05) is 232 Å². The van der Waals surface area contributed by atoms with Gasteiger partial charge in [-0.05, 0) is 82.9 Å². The van der Waals surface area contributed by atoms with Crippen molar-refractivity contribution in [2.24, 2.45) is 0 Å². The number of hydrogen-bond donors (Lipinski definition) is 0. The van der Waals surface area contributed by atoms with E-state index in [0.29, 0.717) is 39.0 Å². The highest BCUT2D eigenvalue weighted by atomic mass is 16.1. The topological polar surface area (TPSA) is 117 Å². The van der Waals surface area contributed by atoms with Gasteiger partial charge in [-0.25, -0.2) is 24.9 Å². The molecule has 0 saturated heterocycles. The zero-order valence-corrected chi connectivity index (χ0v) is 51.0. The normalized spacial score (nSPS) is 11.8. The molecule has 0 aliphatic rings. The van der Waals surface area contributed by atoms with Crippen LogP contribution in [0.25, 0.3) is 176 Å². The monoisotopic (exact) mass is 1210 g/mol. The van der Waals surface area contributed by atoms with Crippen LogP contribution in [0.4, 0.5) is 0 Å². The van der Waals surface area contributed by atoms with Crippen LogP contribution < -0.4 is 11.1 Å². The smallest absolute Gasteiger partial charge is 0.266 e. The molecule has 11 heteroatoms. The minimum atomic E-state index is -0.0910. The van der Waals surface area contributed by atoms with E-state index in [1.807, 2.05) is 129 Å². The molecule has 94 heavy (non-hydrogen) atoms. The summed E-state index contributed by atoms with van der Waals surface area (Å²) >= 11 is 0. The molecule has 0 aliphatic heterocycles. The van der Waals surface area contributed by atoms with Crippen LogP contribution in [-0.2, 0) is 0 Å². The van der Waals surface area contributed by atoms with Crippen molar-refractivity contribution >= 4 is 142 Å². The Morgan fingerprint density at radius 2 is 0.691 bits per heavy atom. The largest absolute Gasteiger partial charge is 0.294 e. The lowest BCUT2D eigenvalue weighted by Crippen LogP contribution is -2.16. The van der Waals surface area contributed by atoms with Gasteiger partial charge in [0.15, 0.2) is 0 Å². The first-order valence-corrected chi connectivity index (χ1v) is 31.7. The molecule has 0 bridgehead atoms. The molecule has 0 radical (unpaired) electrons. The highest BCUT2D eigenvalue weighted by Crippen LogP contribution is 2.44. The zero-order valence-electron chi connectivity index (χ0n) is 51.0. The first-order valence-electron chi connectivity index (χ1n) is 31.7. The Bertz CT molecular complexity index is 6690.